The first kappa shape index (κ1) is 14.7. The second-order valence-corrected chi connectivity index (χ2v) is 3.65. The Balaban J connectivity index is 3.91. The molecule has 0 aromatic heterocycles. The molecule has 1 unspecified atom stereocenters. The first-order valence-electron chi connectivity index (χ1n) is 5.39. The number of nitrogens with one attached hydrogen (secondary N) is 2. The van der Waals surface area contributed by atoms with Crippen molar-refractivity contribution >= 4 is 12.0 Å². The molecule has 0 saturated carbocycles. The standard InChI is InChI=1S/C10H21N3O3/c1-4-8(9(14)15)7-12-10(16)13(3)6-5-11-2/h8,11H,4-7H2,1-3H3,(H,12,16)(H,14,15). The highest BCUT2D eigenvalue weighted by molar-refractivity contribution is 5.75. The Morgan fingerprint density at radius 3 is 2.50 bits per heavy atom. The smallest absolute Gasteiger partial charge is 0.317 e. The van der Waals surface area contributed by atoms with E-state index in [-0.39, 0.29) is 12.6 Å². The average Bonchev–Trinajstić information content (AvgIpc) is 2.25. The van der Waals surface area contributed by atoms with Gasteiger partial charge in [-0.3, -0.25) is 4.79 Å². The first-order chi connectivity index (χ1) is 7.52. The highest BCUT2D eigenvalue weighted by Crippen LogP contribution is 2.00. The van der Waals surface area contributed by atoms with E-state index in [1.54, 1.807) is 14.0 Å². The zero-order chi connectivity index (χ0) is 12.6. The number of carboxylic acid groups (broad SMARTS) is 1. The Hall–Kier alpha value is -1.30. The molecule has 0 aromatic carbocycles. The van der Waals surface area contributed by atoms with E-state index in [1.807, 2.05) is 7.05 Å². The first-order valence-corrected chi connectivity index (χ1v) is 5.39. The van der Waals surface area contributed by atoms with Gasteiger partial charge in [-0.05, 0) is 13.5 Å². The topological polar surface area (TPSA) is 81.7 Å². The summed E-state index contributed by atoms with van der Waals surface area (Å²) < 4.78 is 0. The van der Waals surface area contributed by atoms with E-state index in [2.05, 4.69) is 10.6 Å². The van der Waals surface area contributed by atoms with Crippen LogP contribution in [0.3, 0.4) is 0 Å². The van der Waals surface area contributed by atoms with Crippen LogP contribution in [-0.2, 0) is 4.79 Å². The fourth-order valence-electron chi connectivity index (χ4n) is 1.13. The number of hydrogen-bond acceptors (Lipinski definition) is 3. The minimum atomic E-state index is -0.874. The molecule has 0 bridgehead atoms. The summed E-state index contributed by atoms with van der Waals surface area (Å²) in [5.74, 6) is -1.39. The summed E-state index contributed by atoms with van der Waals surface area (Å²) in [6.07, 6.45) is 0.510. The van der Waals surface area contributed by atoms with Crippen molar-refractivity contribution in [2.45, 2.75) is 13.3 Å². The molecular formula is C10H21N3O3. The number of hydrogen-bond donors (Lipinski definition) is 3. The third-order valence-electron chi connectivity index (χ3n) is 2.39. The lowest BCUT2D eigenvalue weighted by atomic mass is 10.1. The van der Waals surface area contributed by atoms with Crippen molar-refractivity contribution in [3.8, 4) is 0 Å². The van der Waals surface area contributed by atoms with Crippen molar-refractivity contribution < 1.29 is 14.7 Å². The zero-order valence-electron chi connectivity index (χ0n) is 10.1. The number of nitrogens with zero attached hydrogens (tertiary/aromatic N) is 1. The summed E-state index contributed by atoms with van der Waals surface area (Å²) in [4.78, 5) is 23.7. The Morgan fingerprint density at radius 1 is 1.44 bits per heavy atom. The van der Waals surface area contributed by atoms with E-state index >= 15 is 0 Å². The lowest BCUT2D eigenvalue weighted by Gasteiger charge is -2.19. The number of urea groups is 1. The summed E-state index contributed by atoms with van der Waals surface area (Å²) in [5, 5.41) is 14.3. The van der Waals surface area contributed by atoms with Gasteiger partial charge in [-0.15, -0.1) is 0 Å². The van der Waals surface area contributed by atoms with Gasteiger partial charge in [0.05, 0.1) is 5.92 Å². The molecule has 0 fully saturated rings. The number of rotatable bonds is 7. The molecule has 0 rings (SSSR count). The molecule has 6 heteroatoms. The molecule has 94 valence electrons. The van der Waals surface area contributed by atoms with E-state index in [4.69, 9.17) is 5.11 Å². The third kappa shape index (κ3) is 5.55. The van der Waals surface area contributed by atoms with E-state index < -0.39 is 11.9 Å². The van der Waals surface area contributed by atoms with Crippen LogP contribution in [0.25, 0.3) is 0 Å². The summed E-state index contributed by atoms with van der Waals surface area (Å²) in [7, 11) is 3.48. The number of amides is 2. The van der Waals surface area contributed by atoms with Crippen LogP contribution in [0.1, 0.15) is 13.3 Å². The number of carbonyl (C=O) groups excluding carboxylic acids is 1. The summed E-state index contributed by atoms with van der Waals surface area (Å²) in [5.41, 5.74) is 0. The predicted octanol–water partition coefficient (Wildman–Crippen LogP) is -0.0420. The van der Waals surface area contributed by atoms with Crippen LogP contribution in [0.4, 0.5) is 4.79 Å². The molecule has 0 aliphatic rings. The van der Waals surface area contributed by atoms with Crippen LogP contribution in [0, 0.1) is 5.92 Å². The van der Waals surface area contributed by atoms with Crippen molar-refractivity contribution in [1.29, 1.82) is 0 Å². The lowest BCUT2D eigenvalue weighted by molar-refractivity contribution is -0.141. The van der Waals surface area contributed by atoms with Crippen LogP contribution in [-0.4, -0.2) is 55.7 Å². The van der Waals surface area contributed by atoms with Crippen LogP contribution in [0.2, 0.25) is 0 Å². The van der Waals surface area contributed by atoms with Gasteiger partial charge in [0.2, 0.25) is 0 Å². The quantitative estimate of drug-likeness (QED) is 0.574. The summed E-state index contributed by atoms with van der Waals surface area (Å²) in [6, 6.07) is -0.241. The van der Waals surface area contributed by atoms with E-state index in [1.165, 1.54) is 4.90 Å². The lowest BCUT2D eigenvalue weighted by Crippen LogP contribution is -2.42. The number of likely N-dealkylation sites (N-methyl/N-ethyl adjacent to an activating group) is 2. The molecule has 16 heavy (non-hydrogen) atoms. The monoisotopic (exact) mass is 231 g/mol. The molecule has 0 aliphatic carbocycles. The highest BCUT2D eigenvalue weighted by Gasteiger charge is 2.16. The van der Waals surface area contributed by atoms with Crippen molar-refractivity contribution in [2.75, 3.05) is 33.7 Å². The fraction of sp³-hybridized carbons (Fsp3) is 0.800. The zero-order valence-corrected chi connectivity index (χ0v) is 10.1. The van der Waals surface area contributed by atoms with E-state index in [0.717, 1.165) is 0 Å². The second-order valence-electron chi connectivity index (χ2n) is 3.65. The third-order valence-corrected chi connectivity index (χ3v) is 2.39. The maximum absolute atomic E-state index is 11.5. The molecule has 0 radical (unpaired) electrons. The molecule has 6 nitrogen and oxygen atoms in total. The number of carboxylic acids is 1. The molecule has 3 N–H and O–H groups in total. The van der Waals surface area contributed by atoms with Gasteiger partial charge in [-0.2, -0.15) is 0 Å². The number of aliphatic carboxylic acids is 1. The van der Waals surface area contributed by atoms with Gasteiger partial charge in [0, 0.05) is 26.7 Å². The number of carbonyl (C=O) groups is 2. The second kappa shape index (κ2) is 7.92. The van der Waals surface area contributed by atoms with Gasteiger partial charge in [0.1, 0.15) is 0 Å². The van der Waals surface area contributed by atoms with E-state index in [9.17, 15) is 9.59 Å². The minimum Gasteiger partial charge on any atom is -0.481 e. The van der Waals surface area contributed by atoms with Gasteiger partial charge in [0.15, 0.2) is 0 Å². The van der Waals surface area contributed by atoms with Crippen LogP contribution in [0.5, 0.6) is 0 Å². The van der Waals surface area contributed by atoms with Gasteiger partial charge in [0.25, 0.3) is 0 Å². The van der Waals surface area contributed by atoms with Crippen molar-refractivity contribution in [2.24, 2.45) is 5.92 Å². The van der Waals surface area contributed by atoms with Crippen molar-refractivity contribution in [1.82, 2.24) is 15.5 Å². The maximum Gasteiger partial charge on any atom is 0.317 e. The fourth-order valence-corrected chi connectivity index (χ4v) is 1.13. The van der Waals surface area contributed by atoms with Crippen LogP contribution in [0.15, 0.2) is 0 Å². The van der Waals surface area contributed by atoms with E-state index in [0.29, 0.717) is 19.5 Å². The molecule has 0 aliphatic heterocycles. The Labute approximate surface area is 96.0 Å². The molecule has 0 saturated heterocycles. The summed E-state index contributed by atoms with van der Waals surface area (Å²) in [6.45, 7) is 3.26. The van der Waals surface area contributed by atoms with Crippen LogP contribution < -0.4 is 10.6 Å². The van der Waals surface area contributed by atoms with Crippen molar-refractivity contribution in [3.05, 3.63) is 0 Å². The summed E-state index contributed by atoms with van der Waals surface area (Å²) >= 11 is 0. The average molecular weight is 231 g/mol. The largest absolute Gasteiger partial charge is 0.481 e. The predicted molar refractivity (Wildman–Crippen MR) is 61.4 cm³/mol. The normalized spacial score (nSPS) is 11.9. The minimum absolute atomic E-state index is 0.175. The molecule has 0 heterocycles. The highest BCUT2D eigenvalue weighted by atomic mass is 16.4. The molecule has 1 atom stereocenters. The Morgan fingerprint density at radius 2 is 2.06 bits per heavy atom. The Kier molecular flexibility index (Phi) is 7.28. The van der Waals surface area contributed by atoms with Gasteiger partial charge >= 0.3 is 12.0 Å². The molecule has 0 aromatic rings. The maximum atomic E-state index is 11.5. The van der Waals surface area contributed by atoms with Crippen LogP contribution >= 0.6 is 0 Å². The molecule has 0 spiro atoms. The molecule has 2 amide bonds. The van der Waals surface area contributed by atoms with Gasteiger partial charge in [-0.25, -0.2) is 4.79 Å². The van der Waals surface area contributed by atoms with Gasteiger partial charge < -0.3 is 20.6 Å². The molecular weight excluding hydrogens is 210 g/mol. The van der Waals surface area contributed by atoms with Crippen molar-refractivity contribution in [3.63, 3.8) is 0 Å². The van der Waals surface area contributed by atoms with Gasteiger partial charge in [-0.1, -0.05) is 6.92 Å². The SMILES string of the molecule is CCC(CNC(=O)N(C)CCNC)C(=O)O. The Bertz CT molecular complexity index is 233.